The predicted octanol–water partition coefficient (Wildman–Crippen LogP) is -2.84. The molecule has 22 heteroatoms. The van der Waals surface area contributed by atoms with Crippen molar-refractivity contribution in [3.8, 4) is 0 Å². The molecule has 310 valence electrons. The average molecular weight is 860 g/mol. The minimum Gasteiger partial charge on any atom is -0.870 e. The van der Waals surface area contributed by atoms with Crippen LogP contribution in [0.1, 0.15) is 6.92 Å². The molecule has 3 heterocycles. The predicted molar refractivity (Wildman–Crippen MR) is 208 cm³/mol. The van der Waals surface area contributed by atoms with E-state index in [0.717, 1.165) is 128 Å². The maximum atomic E-state index is 10.5. The van der Waals surface area contributed by atoms with E-state index in [0.29, 0.717) is 0 Å². The summed E-state index contributed by atoms with van der Waals surface area (Å²) in [7, 11) is -6.89. The summed E-state index contributed by atoms with van der Waals surface area (Å²) in [4.78, 5) is 7.35. The van der Waals surface area contributed by atoms with E-state index in [1.165, 1.54) is 24.6 Å². The van der Waals surface area contributed by atoms with Gasteiger partial charge in [-0.2, -0.15) is 53.0 Å². The first kappa shape index (κ1) is 57.8. The summed E-state index contributed by atoms with van der Waals surface area (Å²) in [5.74, 6) is 5.60. The summed E-state index contributed by atoms with van der Waals surface area (Å²) < 4.78 is 77.1. The Morgan fingerprint density at radius 3 is 1.21 bits per heavy atom. The SMILES string of the molecule is C(CSCCN1CCOCC1)OCCSCCN1CCOCC1.CCO.CS(=O)(=O)OCCOCCOS(C)(=O)=O.SCCN1CCOCC1.[Na+].[OH-]. The number of hydrogen-bond donors (Lipinski definition) is 2. The van der Waals surface area contributed by atoms with Gasteiger partial charge in [-0.05, 0) is 6.92 Å². The Hall–Kier alpha value is 1.47. The summed E-state index contributed by atoms with van der Waals surface area (Å²) in [5.41, 5.74) is 0. The van der Waals surface area contributed by atoms with E-state index < -0.39 is 20.2 Å². The maximum Gasteiger partial charge on any atom is 1.00 e. The number of morpholine rings is 3. The number of ether oxygens (including phenoxy) is 5. The molecule has 0 atom stereocenters. The Morgan fingerprint density at radius 1 is 0.596 bits per heavy atom. The van der Waals surface area contributed by atoms with Gasteiger partial charge in [-0.1, -0.05) is 0 Å². The number of aliphatic hydroxyl groups is 1. The van der Waals surface area contributed by atoms with Gasteiger partial charge in [0.05, 0.1) is 91.8 Å². The van der Waals surface area contributed by atoms with Gasteiger partial charge in [0.25, 0.3) is 20.2 Å². The molecule has 16 nitrogen and oxygen atoms in total. The fraction of sp³-hybridized carbons (Fsp3) is 1.00. The van der Waals surface area contributed by atoms with Gasteiger partial charge < -0.3 is 34.3 Å². The first-order chi connectivity index (χ1) is 24.0. The molecule has 3 rings (SSSR count). The number of rotatable bonds is 22. The van der Waals surface area contributed by atoms with Crippen LogP contribution >= 0.6 is 36.2 Å². The molecule has 2 N–H and O–H groups in total. The quantitative estimate of drug-likeness (QED) is 0.0490. The van der Waals surface area contributed by atoms with E-state index in [-0.39, 0.29) is 68.1 Å². The maximum absolute atomic E-state index is 10.5. The zero-order valence-corrected chi connectivity index (χ0v) is 38.1. The molecule has 0 saturated carbocycles. The van der Waals surface area contributed by atoms with Gasteiger partial charge in [0.15, 0.2) is 0 Å². The normalized spacial score (nSPS) is 17.2. The van der Waals surface area contributed by atoms with Crippen LogP contribution in [0.15, 0.2) is 0 Å². The molecular formula is C30H66N3NaO13S5. The average Bonchev–Trinajstić information content (AvgIpc) is 3.08. The molecule has 0 aromatic rings. The minimum atomic E-state index is -3.45. The second-order valence-electron chi connectivity index (χ2n) is 10.9. The molecule has 3 fully saturated rings. The van der Waals surface area contributed by atoms with Gasteiger partial charge >= 0.3 is 29.6 Å². The van der Waals surface area contributed by atoms with E-state index in [4.69, 9.17) is 28.8 Å². The summed E-state index contributed by atoms with van der Waals surface area (Å²) in [6.45, 7) is 19.0. The zero-order chi connectivity index (χ0) is 37.2. The monoisotopic (exact) mass is 859 g/mol. The summed E-state index contributed by atoms with van der Waals surface area (Å²) in [6.07, 6.45) is 1.86. The van der Waals surface area contributed by atoms with Crippen molar-refractivity contribution >= 4 is 56.4 Å². The number of nitrogens with zero attached hydrogens (tertiary/aromatic N) is 3. The van der Waals surface area contributed by atoms with Crippen molar-refractivity contribution in [3.05, 3.63) is 0 Å². The Bertz CT molecular complexity index is 884. The smallest absolute Gasteiger partial charge is 0.870 e. The third kappa shape index (κ3) is 44.2. The molecule has 3 saturated heterocycles. The van der Waals surface area contributed by atoms with Crippen molar-refractivity contribution in [2.24, 2.45) is 0 Å². The van der Waals surface area contributed by atoms with Crippen LogP contribution < -0.4 is 29.6 Å². The van der Waals surface area contributed by atoms with Crippen LogP contribution in [-0.2, 0) is 52.3 Å². The third-order valence-corrected chi connectivity index (χ3v) is 9.87. The Kier molecular flexibility index (Phi) is 45.2. The van der Waals surface area contributed by atoms with Crippen molar-refractivity contribution in [2.45, 2.75) is 6.92 Å². The van der Waals surface area contributed by atoms with Crippen LogP contribution in [0.5, 0.6) is 0 Å². The largest absolute Gasteiger partial charge is 1.00 e. The Balaban J connectivity index is -0.000000713. The molecule has 0 aliphatic carbocycles. The fourth-order valence-corrected chi connectivity index (χ4v) is 6.81. The molecular weight excluding hydrogens is 794 g/mol. The molecule has 0 bridgehead atoms. The van der Waals surface area contributed by atoms with Crippen LogP contribution in [-0.4, -0.2) is 228 Å². The van der Waals surface area contributed by atoms with E-state index in [1.54, 1.807) is 6.92 Å². The summed E-state index contributed by atoms with van der Waals surface area (Å²) >= 11 is 8.15. The third-order valence-electron chi connectivity index (χ3n) is 6.63. The zero-order valence-electron chi connectivity index (χ0n) is 31.9. The molecule has 0 unspecified atom stereocenters. The molecule has 52 heavy (non-hydrogen) atoms. The van der Waals surface area contributed by atoms with E-state index >= 15 is 0 Å². The number of thiol groups is 1. The fourth-order valence-electron chi connectivity index (χ4n) is 4.14. The summed E-state index contributed by atoms with van der Waals surface area (Å²) in [6, 6.07) is 0. The van der Waals surface area contributed by atoms with E-state index in [2.05, 4.69) is 35.7 Å². The van der Waals surface area contributed by atoms with E-state index in [9.17, 15) is 16.8 Å². The minimum absolute atomic E-state index is 0. The van der Waals surface area contributed by atoms with E-state index in [1.807, 2.05) is 23.5 Å². The Labute approximate surface area is 350 Å². The van der Waals surface area contributed by atoms with Gasteiger partial charge in [-0.15, -0.1) is 0 Å². The van der Waals surface area contributed by atoms with Crippen LogP contribution in [0, 0.1) is 0 Å². The molecule has 0 aromatic heterocycles. The second-order valence-corrected chi connectivity index (χ2v) is 17.1. The molecule has 0 aromatic carbocycles. The number of aliphatic hydroxyl groups excluding tert-OH is 1. The second kappa shape index (κ2) is 40.7. The van der Waals surface area contributed by atoms with Crippen LogP contribution in [0.4, 0.5) is 0 Å². The van der Waals surface area contributed by atoms with Crippen LogP contribution in [0.3, 0.4) is 0 Å². The first-order valence-electron chi connectivity index (χ1n) is 17.1. The van der Waals surface area contributed by atoms with Crippen LogP contribution in [0.2, 0.25) is 0 Å². The number of hydrogen-bond acceptors (Lipinski definition) is 19. The molecule has 0 amide bonds. The molecule has 0 spiro atoms. The van der Waals surface area contributed by atoms with Gasteiger partial charge in [-0.25, -0.2) is 0 Å². The van der Waals surface area contributed by atoms with Gasteiger partial charge in [-0.3, -0.25) is 23.1 Å². The standard InChI is InChI=1S/C16H32N2O3S2.C6H13NOS.C6H14O7S2.C2H6O.Na.H2O/c1-7-19-8-2-17(1)5-13-22-15-11-21-12-16-23-14-6-18-3-9-20-10-4-18;9-6-3-7-1-4-8-5-2-7;1-14(7,8)12-5-3-11-4-6-13-15(2,9)10;1-2-3;;/h1-16H2;9H,1-6H2;3-6H2,1-2H3;3H,2H2,1H3;;1H2/q;;;;+1;/p-1. The Morgan fingerprint density at radius 2 is 0.904 bits per heavy atom. The van der Waals surface area contributed by atoms with Crippen molar-refractivity contribution in [3.63, 3.8) is 0 Å². The molecule has 3 aliphatic heterocycles. The molecule has 3 aliphatic rings. The topological polar surface area (TPSA) is 193 Å². The van der Waals surface area contributed by atoms with Gasteiger partial charge in [0.1, 0.15) is 0 Å². The molecule has 0 radical (unpaired) electrons. The first-order valence-corrected chi connectivity index (χ1v) is 23.7. The van der Waals surface area contributed by atoms with Crippen molar-refractivity contribution < 1.29 is 89.0 Å². The van der Waals surface area contributed by atoms with Crippen molar-refractivity contribution in [1.82, 2.24) is 14.7 Å². The van der Waals surface area contributed by atoms with Crippen molar-refractivity contribution in [1.29, 1.82) is 0 Å². The van der Waals surface area contributed by atoms with Crippen LogP contribution in [0.25, 0.3) is 0 Å². The summed E-state index contributed by atoms with van der Waals surface area (Å²) in [5, 5.41) is 7.57. The van der Waals surface area contributed by atoms with Gasteiger partial charge in [0.2, 0.25) is 0 Å². The van der Waals surface area contributed by atoms with Crippen molar-refractivity contribution in [2.75, 3.05) is 186 Å². The number of thioether (sulfide) groups is 2. The van der Waals surface area contributed by atoms with Gasteiger partial charge in [0, 0.05) is 94.3 Å².